The number of amides is 2. The molecule has 0 aromatic heterocycles. The topological polar surface area (TPSA) is 51.6 Å². The molecule has 3 aromatic carbocycles. The average Bonchev–Trinajstić information content (AvgIpc) is 3.33. The molecule has 2 amide bonds. The van der Waals surface area contributed by atoms with Crippen LogP contribution in [0.4, 0.5) is 18.0 Å². The normalized spacial score (nSPS) is 24.3. The second-order valence-corrected chi connectivity index (χ2v) is 14.3. The van der Waals surface area contributed by atoms with Gasteiger partial charge in [0.05, 0.1) is 17.7 Å². The number of hydrogen-bond acceptors (Lipinski definition) is 5. The Hall–Kier alpha value is -3.31. The van der Waals surface area contributed by atoms with Gasteiger partial charge in [0.25, 0.3) is 0 Å². The molecule has 0 N–H and O–H groups in total. The van der Waals surface area contributed by atoms with Gasteiger partial charge in [-0.25, -0.2) is 4.79 Å². The molecule has 0 spiro atoms. The highest BCUT2D eigenvalue weighted by Gasteiger charge is 2.60. The number of amidine groups is 1. The zero-order valence-corrected chi connectivity index (χ0v) is 29.7. The van der Waals surface area contributed by atoms with Crippen LogP contribution in [-0.4, -0.2) is 90.4 Å². The van der Waals surface area contributed by atoms with Gasteiger partial charge in [-0.05, 0) is 94.3 Å². The van der Waals surface area contributed by atoms with E-state index in [4.69, 9.17) is 32.9 Å². The molecule has 3 aromatic rings. The van der Waals surface area contributed by atoms with E-state index in [1.54, 1.807) is 36.1 Å². The molecule has 3 aliphatic heterocycles. The molecule has 3 heterocycles. The summed E-state index contributed by atoms with van der Waals surface area (Å²) in [5, 5.41) is 1.07. The molecule has 7 nitrogen and oxygen atoms in total. The lowest BCUT2D eigenvalue weighted by atomic mass is 9.71. The molecule has 49 heavy (non-hydrogen) atoms. The number of aliphatic imine (C=N–C) groups is 1. The molecular formula is C37H42Cl2F3N5O2. The second kappa shape index (κ2) is 13.8. The van der Waals surface area contributed by atoms with Gasteiger partial charge in [-0.1, -0.05) is 47.5 Å². The third kappa shape index (κ3) is 6.65. The van der Waals surface area contributed by atoms with Crippen molar-refractivity contribution in [3.63, 3.8) is 0 Å². The van der Waals surface area contributed by atoms with E-state index in [9.17, 15) is 13.2 Å². The first kappa shape index (κ1) is 35.5. The lowest BCUT2D eigenvalue weighted by Crippen LogP contribution is -2.60. The summed E-state index contributed by atoms with van der Waals surface area (Å²) in [6.07, 6.45) is -2.93. The summed E-state index contributed by atoms with van der Waals surface area (Å²) >= 11 is 12.7. The SMILES string of the molecule is CCOc1cc(C(F)(F)F)ccc1C1=N[C@@](C)(c2ccc(Cl)cc2)[C@](C)(c2ccc(Cl)cc2)N1C(=O)N1CCC(N2CCN(C)CC2)CC1. The maximum absolute atomic E-state index is 15.1. The fourth-order valence-corrected chi connectivity index (χ4v) is 7.73. The van der Waals surface area contributed by atoms with Gasteiger partial charge in [0, 0.05) is 55.4 Å². The van der Waals surface area contributed by atoms with Gasteiger partial charge < -0.3 is 14.5 Å². The Morgan fingerprint density at radius 2 is 1.45 bits per heavy atom. The van der Waals surface area contributed by atoms with Crippen molar-refractivity contribution in [3.05, 3.63) is 99.0 Å². The molecule has 2 fully saturated rings. The highest BCUT2D eigenvalue weighted by atomic mass is 35.5. The van der Waals surface area contributed by atoms with E-state index in [0.29, 0.717) is 34.7 Å². The number of ether oxygens (including phenoxy) is 1. The van der Waals surface area contributed by atoms with E-state index in [0.717, 1.165) is 62.3 Å². The number of carbonyl (C=O) groups is 1. The Labute approximate surface area is 296 Å². The number of alkyl halides is 3. The zero-order chi connectivity index (χ0) is 35.1. The quantitative estimate of drug-likeness (QED) is 0.259. The molecule has 0 aliphatic carbocycles. The van der Waals surface area contributed by atoms with E-state index >= 15 is 4.79 Å². The average molecular weight is 717 g/mol. The van der Waals surface area contributed by atoms with Crippen LogP contribution in [-0.2, 0) is 17.3 Å². The Morgan fingerprint density at radius 3 is 2.00 bits per heavy atom. The van der Waals surface area contributed by atoms with Crippen LogP contribution in [0.1, 0.15) is 55.9 Å². The minimum atomic E-state index is -4.58. The Bertz CT molecular complexity index is 1690. The van der Waals surface area contributed by atoms with Crippen LogP contribution in [0.3, 0.4) is 0 Å². The summed E-state index contributed by atoms with van der Waals surface area (Å²) in [6, 6.07) is 18.1. The number of halogens is 5. The number of piperidine rings is 1. The molecule has 2 saturated heterocycles. The third-order valence-electron chi connectivity index (χ3n) is 10.6. The third-order valence-corrected chi connectivity index (χ3v) is 11.1. The number of carbonyl (C=O) groups excluding carboxylic acids is 1. The number of rotatable bonds is 6. The molecule has 0 bridgehead atoms. The number of urea groups is 1. The van der Waals surface area contributed by atoms with Gasteiger partial charge in [0.2, 0.25) is 0 Å². The Kier molecular flexibility index (Phi) is 9.98. The summed E-state index contributed by atoms with van der Waals surface area (Å²) in [5.74, 6) is 0.236. The van der Waals surface area contributed by atoms with E-state index in [1.165, 1.54) is 6.07 Å². The van der Waals surface area contributed by atoms with Crippen LogP contribution < -0.4 is 4.74 Å². The molecule has 2 atom stereocenters. The maximum atomic E-state index is 15.1. The maximum Gasteiger partial charge on any atom is 0.416 e. The van der Waals surface area contributed by atoms with Gasteiger partial charge in [0.1, 0.15) is 22.7 Å². The summed E-state index contributed by atoms with van der Waals surface area (Å²) in [4.78, 5) is 28.8. The summed E-state index contributed by atoms with van der Waals surface area (Å²) in [7, 11) is 2.14. The summed E-state index contributed by atoms with van der Waals surface area (Å²) in [5.41, 5.74) is -1.27. The predicted octanol–water partition coefficient (Wildman–Crippen LogP) is 8.14. The first-order valence-electron chi connectivity index (χ1n) is 16.7. The molecule has 262 valence electrons. The fourth-order valence-electron chi connectivity index (χ4n) is 7.48. The molecule has 3 aliphatic rings. The van der Waals surface area contributed by atoms with E-state index in [1.807, 2.05) is 43.0 Å². The van der Waals surface area contributed by atoms with E-state index in [-0.39, 0.29) is 24.2 Å². The first-order chi connectivity index (χ1) is 23.3. The van der Waals surface area contributed by atoms with Crippen LogP contribution in [0.15, 0.2) is 71.7 Å². The van der Waals surface area contributed by atoms with Crippen molar-refractivity contribution in [3.8, 4) is 5.75 Å². The number of likely N-dealkylation sites (N-methyl/N-ethyl adjacent to an activating group) is 1. The van der Waals surface area contributed by atoms with Crippen LogP contribution in [0.5, 0.6) is 5.75 Å². The molecule has 0 radical (unpaired) electrons. The van der Waals surface area contributed by atoms with Crippen molar-refractivity contribution >= 4 is 35.1 Å². The number of piperazine rings is 1. The van der Waals surface area contributed by atoms with Crippen LogP contribution >= 0.6 is 23.2 Å². The predicted molar refractivity (Wildman–Crippen MR) is 188 cm³/mol. The standard InChI is InChI=1S/C37H42Cl2F3N5O2/c1-5-49-32-24-27(37(40,41)42)10-15-31(32)33-43-35(2,25-6-11-28(38)12-7-25)36(3,26-8-13-29(39)14-9-26)47(33)34(48)46-18-16-30(17-19-46)45-22-20-44(4)21-23-45/h6-15,24,30H,5,16-23H2,1-4H3/t35-,36-/m0/s1. The van der Waals surface area contributed by atoms with Crippen molar-refractivity contribution < 1.29 is 22.7 Å². The van der Waals surface area contributed by atoms with E-state index in [2.05, 4.69) is 16.8 Å². The van der Waals surface area contributed by atoms with Gasteiger partial charge in [-0.2, -0.15) is 13.2 Å². The smallest absolute Gasteiger partial charge is 0.416 e. The monoisotopic (exact) mass is 715 g/mol. The Balaban J connectivity index is 1.48. The molecule has 0 unspecified atom stereocenters. The van der Waals surface area contributed by atoms with Gasteiger partial charge in [-0.15, -0.1) is 0 Å². The molecule has 0 saturated carbocycles. The van der Waals surface area contributed by atoms with Gasteiger partial charge in [0.15, 0.2) is 0 Å². The Morgan fingerprint density at radius 1 is 0.878 bits per heavy atom. The van der Waals surface area contributed by atoms with Crippen molar-refractivity contribution in [2.24, 2.45) is 4.99 Å². The number of hydrogen-bond donors (Lipinski definition) is 0. The van der Waals surface area contributed by atoms with Crippen molar-refractivity contribution in [2.75, 3.05) is 52.9 Å². The molecule has 6 rings (SSSR count). The number of likely N-dealkylation sites (tertiary alicyclic amines) is 1. The summed E-state index contributed by atoms with van der Waals surface area (Å²) < 4.78 is 47.6. The highest BCUT2D eigenvalue weighted by Crippen LogP contribution is 2.54. The van der Waals surface area contributed by atoms with Crippen molar-refractivity contribution in [1.29, 1.82) is 0 Å². The summed E-state index contributed by atoms with van der Waals surface area (Å²) in [6.45, 7) is 10.9. The molecule has 12 heteroatoms. The second-order valence-electron chi connectivity index (χ2n) is 13.4. The fraction of sp³-hybridized carbons (Fsp3) is 0.459. The minimum absolute atomic E-state index is 0.00135. The van der Waals surface area contributed by atoms with Gasteiger partial charge >= 0.3 is 12.2 Å². The van der Waals surface area contributed by atoms with Crippen molar-refractivity contribution in [1.82, 2.24) is 19.6 Å². The largest absolute Gasteiger partial charge is 0.493 e. The lowest BCUT2D eigenvalue weighted by molar-refractivity contribution is -0.137. The van der Waals surface area contributed by atoms with E-state index < -0.39 is 22.8 Å². The van der Waals surface area contributed by atoms with Gasteiger partial charge in [-0.3, -0.25) is 14.8 Å². The number of nitrogens with zero attached hydrogens (tertiary/aromatic N) is 5. The highest BCUT2D eigenvalue weighted by molar-refractivity contribution is 6.30. The minimum Gasteiger partial charge on any atom is -0.493 e. The van der Waals surface area contributed by atoms with Crippen LogP contribution in [0.2, 0.25) is 10.0 Å². The van der Waals surface area contributed by atoms with Crippen LogP contribution in [0.25, 0.3) is 0 Å². The lowest BCUT2D eigenvalue weighted by Gasteiger charge is -2.48. The molecular weight excluding hydrogens is 674 g/mol. The van der Waals surface area contributed by atoms with Crippen LogP contribution in [0, 0.1) is 0 Å². The first-order valence-corrected chi connectivity index (χ1v) is 17.5. The zero-order valence-electron chi connectivity index (χ0n) is 28.2. The van der Waals surface area contributed by atoms with Crippen molar-refractivity contribution in [2.45, 2.75) is 56.9 Å². The number of benzene rings is 3.